The van der Waals surface area contributed by atoms with Gasteiger partial charge in [0.25, 0.3) is 0 Å². The van der Waals surface area contributed by atoms with E-state index < -0.39 is 17.6 Å². The molecular weight excluding hydrogens is 234 g/mol. The molecule has 0 atom stereocenters. The van der Waals surface area contributed by atoms with Crippen molar-refractivity contribution in [3.63, 3.8) is 0 Å². The molecule has 0 bridgehead atoms. The molecule has 18 heavy (non-hydrogen) atoms. The molecule has 5 nitrogen and oxygen atoms in total. The van der Waals surface area contributed by atoms with Crippen LogP contribution in [0.4, 0.5) is 4.79 Å². The lowest BCUT2D eigenvalue weighted by Gasteiger charge is -2.37. The van der Waals surface area contributed by atoms with Crippen molar-refractivity contribution in [1.29, 1.82) is 0 Å². The summed E-state index contributed by atoms with van der Waals surface area (Å²) in [6.45, 7) is 3.53. The van der Waals surface area contributed by atoms with Gasteiger partial charge in [-0.2, -0.15) is 0 Å². The number of amides is 1. The molecule has 2 saturated carbocycles. The molecule has 0 unspecified atom stereocenters. The van der Waals surface area contributed by atoms with Crippen LogP contribution in [0.25, 0.3) is 0 Å². The maximum absolute atomic E-state index is 11.5. The topological polar surface area (TPSA) is 75.6 Å². The highest BCUT2D eigenvalue weighted by Gasteiger charge is 2.53. The van der Waals surface area contributed by atoms with Crippen molar-refractivity contribution in [3.8, 4) is 0 Å². The summed E-state index contributed by atoms with van der Waals surface area (Å²) in [6.07, 6.45) is 5.91. The van der Waals surface area contributed by atoms with Crippen molar-refractivity contribution in [2.24, 2.45) is 5.41 Å². The molecule has 0 aliphatic heterocycles. The number of alkyl carbamates (subject to hydrolysis) is 1. The van der Waals surface area contributed by atoms with Gasteiger partial charge in [0.15, 0.2) is 0 Å². The number of carbonyl (C=O) groups is 2. The van der Waals surface area contributed by atoms with Gasteiger partial charge >= 0.3 is 12.1 Å². The first kappa shape index (κ1) is 12.9. The number of aliphatic carboxylic acids is 1. The second-order valence-electron chi connectivity index (χ2n) is 5.40. The highest BCUT2D eigenvalue weighted by molar-refractivity contribution is 5.84. The molecular formula is C13H19NO4. The summed E-state index contributed by atoms with van der Waals surface area (Å²) < 4.78 is 4.81. The standard InChI is InChI=1S/C13H19NO4/c1-2-9-18-11(17)14-13(10(15)16)7-5-12(3-4-12)6-8-13/h2H,1,3-9H2,(H,14,17)(H,15,16). The third-order valence-corrected chi connectivity index (χ3v) is 4.20. The van der Waals surface area contributed by atoms with Gasteiger partial charge in [-0.15, -0.1) is 0 Å². The Labute approximate surface area is 106 Å². The van der Waals surface area contributed by atoms with Gasteiger partial charge in [0, 0.05) is 0 Å². The second-order valence-corrected chi connectivity index (χ2v) is 5.40. The van der Waals surface area contributed by atoms with E-state index >= 15 is 0 Å². The molecule has 2 aliphatic rings. The molecule has 0 radical (unpaired) electrons. The van der Waals surface area contributed by atoms with Gasteiger partial charge in [-0.3, -0.25) is 0 Å². The van der Waals surface area contributed by atoms with E-state index in [1.165, 1.54) is 18.9 Å². The lowest BCUT2D eigenvalue weighted by Crippen LogP contribution is -2.56. The Bertz CT molecular complexity index is 363. The van der Waals surface area contributed by atoms with E-state index in [0.717, 1.165) is 12.8 Å². The lowest BCUT2D eigenvalue weighted by molar-refractivity contribution is -0.146. The van der Waals surface area contributed by atoms with Crippen molar-refractivity contribution in [2.75, 3.05) is 6.61 Å². The fraction of sp³-hybridized carbons (Fsp3) is 0.692. The normalized spacial score (nSPS) is 23.1. The fourth-order valence-electron chi connectivity index (χ4n) is 2.64. The van der Waals surface area contributed by atoms with Crippen LogP contribution in [0.1, 0.15) is 38.5 Å². The number of carboxylic acids is 1. The molecule has 1 spiro atoms. The summed E-state index contributed by atoms with van der Waals surface area (Å²) in [5.74, 6) is -0.964. The Morgan fingerprint density at radius 3 is 2.22 bits per heavy atom. The molecule has 2 aliphatic carbocycles. The van der Waals surface area contributed by atoms with E-state index in [-0.39, 0.29) is 6.61 Å². The summed E-state index contributed by atoms with van der Waals surface area (Å²) in [6, 6.07) is 0. The third-order valence-electron chi connectivity index (χ3n) is 4.20. The zero-order valence-electron chi connectivity index (χ0n) is 10.4. The first-order valence-corrected chi connectivity index (χ1v) is 6.31. The van der Waals surface area contributed by atoms with Gasteiger partial charge in [-0.25, -0.2) is 9.59 Å². The molecule has 0 aromatic heterocycles. The molecule has 2 rings (SSSR count). The molecule has 1 amide bonds. The predicted molar refractivity (Wildman–Crippen MR) is 65.2 cm³/mol. The Morgan fingerprint density at radius 2 is 1.78 bits per heavy atom. The van der Waals surface area contributed by atoms with Crippen LogP contribution in [0.5, 0.6) is 0 Å². The number of ether oxygens (including phenoxy) is 1. The summed E-state index contributed by atoms with van der Waals surface area (Å²) in [7, 11) is 0. The Hall–Kier alpha value is -1.52. The highest BCUT2D eigenvalue weighted by Crippen LogP contribution is 2.57. The van der Waals surface area contributed by atoms with Crippen LogP contribution >= 0.6 is 0 Å². The van der Waals surface area contributed by atoms with Crippen molar-refractivity contribution in [2.45, 2.75) is 44.1 Å². The Balaban J connectivity index is 1.97. The number of carboxylic acid groups (broad SMARTS) is 1. The van der Waals surface area contributed by atoms with Gasteiger partial charge in [-0.05, 0) is 43.9 Å². The van der Waals surface area contributed by atoms with E-state index in [9.17, 15) is 14.7 Å². The first-order chi connectivity index (χ1) is 8.52. The molecule has 2 fully saturated rings. The second kappa shape index (κ2) is 4.63. The minimum atomic E-state index is -1.15. The van der Waals surface area contributed by atoms with Gasteiger partial charge < -0.3 is 15.2 Å². The number of nitrogens with one attached hydrogen (secondary N) is 1. The van der Waals surface area contributed by atoms with Crippen molar-refractivity contribution >= 4 is 12.1 Å². The number of hydrogen-bond acceptors (Lipinski definition) is 3. The Kier molecular flexibility index (Phi) is 3.32. The number of rotatable bonds is 4. The van der Waals surface area contributed by atoms with Gasteiger partial charge in [-0.1, -0.05) is 12.7 Å². The van der Waals surface area contributed by atoms with Crippen LogP contribution in [0.2, 0.25) is 0 Å². The molecule has 0 heterocycles. The molecule has 0 aromatic rings. The largest absolute Gasteiger partial charge is 0.480 e. The molecule has 100 valence electrons. The maximum atomic E-state index is 11.5. The average Bonchev–Trinajstić information content (AvgIpc) is 3.10. The summed E-state index contributed by atoms with van der Waals surface area (Å²) >= 11 is 0. The SMILES string of the molecule is C=CCOC(=O)NC1(C(=O)O)CCC2(CC2)CC1. The van der Waals surface area contributed by atoms with E-state index in [0.29, 0.717) is 18.3 Å². The highest BCUT2D eigenvalue weighted by atomic mass is 16.5. The maximum Gasteiger partial charge on any atom is 0.408 e. The van der Waals surface area contributed by atoms with Gasteiger partial charge in [0.1, 0.15) is 12.1 Å². The summed E-state index contributed by atoms with van der Waals surface area (Å²) in [4.78, 5) is 22.9. The Morgan fingerprint density at radius 1 is 1.22 bits per heavy atom. The predicted octanol–water partition coefficient (Wildman–Crippen LogP) is 2.08. The van der Waals surface area contributed by atoms with Crippen LogP contribution < -0.4 is 5.32 Å². The van der Waals surface area contributed by atoms with E-state index in [4.69, 9.17) is 4.74 Å². The zero-order valence-corrected chi connectivity index (χ0v) is 10.4. The van der Waals surface area contributed by atoms with Crippen molar-refractivity contribution < 1.29 is 19.4 Å². The zero-order chi connectivity index (χ0) is 13.2. The average molecular weight is 253 g/mol. The van der Waals surface area contributed by atoms with E-state index in [2.05, 4.69) is 11.9 Å². The smallest absolute Gasteiger partial charge is 0.408 e. The molecule has 0 saturated heterocycles. The van der Waals surface area contributed by atoms with E-state index in [1.54, 1.807) is 0 Å². The van der Waals surface area contributed by atoms with Crippen LogP contribution in [0.3, 0.4) is 0 Å². The quantitative estimate of drug-likeness (QED) is 0.752. The summed E-state index contributed by atoms with van der Waals surface area (Å²) in [5.41, 5.74) is -0.766. The van der Waals surface area contributed by atoms with E-state index in [1.807, 2.05) is 0 Å². The van der Waals surface area contributed by atoms with Crippen LogP contribution in [0, 0.1) is 5.41 Å². The van der Waals surface area contributed by atoms with Crippen molar-refractivity contribution in [1.82, 2.24) is 5.32 Å². The summed E-state index contributed by atoms with van der Waals surface area (Å²) in [5, 5.41) is 11.9. The minimum Gasteiger partial charge on any atom is -0.480 e. The van der Waals surface area contributed by atoms with Crippen LogP contribution in [0.15, 0.2) is 12.7 Å². The molecule has 5 heteroatoms. The first-order valence-electron chi connectivity index (χ1n) is 6.31. The van der Waals surface area contributed by atoms with Crippen molar-refractivity contribution in [3.05, 3.63) is 12.7 Å². The third kappa shape index (κ3) is 2.49. The minimum absolute atomic E-state index is 0.0888. The molecule has 0 aromatic carbocycles. The number of hydrogen-bond donors (Lipinski definition) is 2. The van der Waals surface area contributed by atoms with Crippen LogP contribution in [-0.4, -0.2) is 29.3 Å². The van der Waals surface area contributed by atoms with Gasteiger partial charge in [0.2, 0.25) is 0 Å². The lowest BCUT2D eigenvalue weighted by atomic mass is 9.74. The monoisotopic (exact) mass is 253 g/mol. The number of carbonyl (C=O) groups excluding carboxylic acids is 1. The van der Waals surface area contributed by atoms with Crippen LogP contribution in [-0.2, 0) is 9.53 Å². The molecule has 2 N–H and O–H groups in total. The van der Waals surface area contributed by atoms with Gasteiger partial charge in [0.05, 0.1) is 0 Å². The fourth-order valence-corrected chi connectivity index (χ4v) is 2.64.